The van der Waals surface area contributed by atoms with E-state index in [2.05, 4.69) is 22.4 Å². The van der Waals surface area contributed by atoms with Gasteiger partial charge in [-0.15, -0.1) is 0 Å². The summed E-state index contributed by atoms with van der Waals surface area (Å²) in [4.78, 5) is 12.4. The molecule has 0 saturated heterocycles. The van der Waals surface area contributed by atoms with Crippen LogP contribution < -0.4 is 10.1 Å². The van der Waals surface area contributed by atoms with E-state index < -0.39 is 0 Å². The molecule has 1 heterocycles. The Morgan fingerprint density at radius 3 is 2.78 bits per heavy atom. The van der Waals surface area contributed by atoms with E-state index in [4.69, 9.17) is 16.3 Å². The van der Waals surface area contributed by atoms with Gasteiger partial charge in [-0.25, -0.2) is 0 Å². The number of hydrogen-bond acceptors (Lipinski definition) is 3. The van der Waals surface area contributed by atoms with Crippen molar-refractivity contribution in [1.82, 2.24) is 15.5 Å². The predicted octanol–water partition coefficient (Wildman–Crippen LogP) is 4.84. The Kier molecular flexibility index (Phi) is 6.49. The zero-order valence-corrected chi connectivity index (χ0v) is 15.9. The number of unbranched alkanes of at least 4 members (excludes halogenated alkanes) is 1. The number of aromatic amines is 1. The van der Waals surface area contributed by atoms with E-state index in [1.165, 1.54) is 0 Å². The summed E-state index contributed by atoms with van der Waals surface area (Å²) in [7, 11) is 0. The first-order valence-electron chi connectivity index (χ1n) is 8.98. The maximum Gasteiger partial charge on any atom is 0.269 e. The van der Waals surface area contributed by atoms with Crippen LogP contribution in [0.3, 0.4) is 0 Å². The van der Waals surface area contributed by atoms with Crippen molar-refractivity contribution in [2.24, 2.45) is 0 Å². The molecule has 2 N–H and O–H groups in total. The molecule has 0 unspecified atom stereocenters. The molecule has 0 radical (unpaired) electrons. The molecule has 27 heavy (non-hydrogen) atoms. The van der Waals surface area contributed by atoms with Crippen molar-refractivity contribution in [2.45, 2.75) is 26.3 Å². The molecule has 0 atom stereocenters. The molecule has 1 aromatic heterocycles. The summed E-state index contributed by atoms with van der Waals surface area (Å²) in [5, 5.41) is 10.6. The number of carbonyl (C=O) groups is 1. The smallest absolute Gasteiger partial charge is 0.269 e. The second-order valence-corrected chi connectivity index (χ2v) is 6.55. The number of aromatic nitrogens is 2. The fourth-order valence-corrected chi connectivity index (χ4v) is 2.82. The summed E-state index contributed by atoms with van der Waals surface area (Å²) in [6.45, 7) is 3.13. The lowest BCUT2D eigenvalue weighted by Gasteiger charge is -2.09. The van der Waals surface area contributed by atoms with Crippen molar-refractivity contribution >= 4 is 17.5 Å². The average Bonchev–Trinajstić information content (AvgIpc) is 3.18. The number of halogens is 1. The summed E-state index contributed by atoms with van der Waals surface area (Å²) < 4.78 is 5.85. The largest absolute Gasteiger partial charge is 0.493 e. The predicted molar refractivity (Wildman–Crippen MR) is 107 cm³/mol. The van der Waals surface area contributed by atoms with Gasteiger partial charge in [0, 0.05) is 17.1 Å². The molecule has 2 aromatic carbocycles. The molecule has 0 aliphatic heterocycles. The van der Waals surface area contributed by atoms with E-state index in [1.54, 1.807) is 12.1 Å². The van der Waals surface area contributed by atoms with Crippen molar-refractivity contribution in [1.29, 1.82) is 0 Å². The van der Waals surface area contributed by atoms with E-state index in [-0.39, 0.29) is 5.91 Å². The number of H-pyrrole nitrogens is 1. The van der Waals surface area contributed by atoms with Crippen LogP contribution in [0, 0.1) is 0 Å². The Labute approximate surface area is 163 Å². The second-order valence-electron chi connectivity index (χ2n) is 6.14. The minimum Gasteiger partial charge on any atom is -0.493 e. The molecule has 5 nitrogen and oxygen atoms in total. The molecular formula is C21H22ClN3O2. The Morgan fingerprint density at radius 1 is 1.19 bits per heavy atom. The second kappa shape index (κ2) is 9.24. The van der Waals surface area contributed by atoms with Crippen LogP contribution in [0.25, 0.3) is 11.3 Å². The molecule has 0 aliphatic carbocycles. The zero-order chi connectivity index (χ0) is 19.1. The van der Waals surface area contributed by atoms with Gasteiger partial charge in [-0.05, 0) is 36.2 Å². The van der Waals surface area contributed by atoms with Crippen LogP contribution >= 0.6 is 11.6 Å². The van der Waals surface area contributed by atoms with E-state index in [0.29, 0.717) is 29.6 Å². The molecule has 1 amide bonds. The molecule has 6 heteroatoms. The van der Waals surface area contributed by atoms with E-state index in [9.17, 15) is 4.79 Å². The highest BCUT2D eigenvalue weighted by Gasteiger charge is 2.14. The SMILES string of the molecule is CCCCOc1ccccc1-c1cc(C(=O)NCc2ccccc2Cl)[nH]n1. The maximum absolute atomic E-state index is 12.4. The number of amides is 1. The monoisotopic (exact) mass is 383 g/mol. The Bertz CT molecular complexity index is 908. The van der Waals surface area contributed by atoms with Gasteiger partial charge in [-0.1, -0.05) is 55.3 Å². The van der Waals surface area contributed by atoms with Gasteiger partial charge in [-0.3, -0.25) is 9.89 Å². The summed E-state index contributed by atoms with van der Waals surface area (Å²) in [6, 6.07) is 16.8. The molecule has 3 aromatic rings. The van der Waals surface area contributed by atoms with Gasteiger partial charge in [0.15, 0.2) is 0 Å². The zero-order valence-electron chi connectivity index (χ0n) is 15.2. The lowest BCUT2D eigenvalue weighted by atomic mass is 10.1. The van der Waals surface area contributed by atoms with E-state index >= 15 is 0 Å². The third-order valence-electron chi connectivity index (χ3n) is 4.14. The topological polar surface area (TPSA) is 67.0 Å². The first kappa shape index (κ1) is 19.0. The summed E-state index contributed by atoms with van der Waals surface area (Å²) in [5.41, 5.74) is 2.78. The molecular weight excluding hydrogens is 362 g/mol. The first-order valence-corrected chi connectivity index (χ1v) is 9.36. The minimum atomic E-state index is -0.238. The fraction of sp³-hybridized carbons (Fsp3) is 0.238. The molecule has 0 aliphatic rings. The van der Waals surface area contributed by atoms with Gasteiger partial charge < -0.3 is 10.1 Å². The maximum atomic E-state index is 12.4. The number of hydrogen-bond donors (Lipinski definition) is 2. The summed E-state index contributed by atoms with van der Waals surface area (Å²) in [5.74, 6) is 0.526. The summed E-state index contributed by atoms with van der Waals surface area (Å²) >= 11 is 6.12. The van der Waals surface area contributed by atoms with Crippen molar-refractivity contribution < 1.29 is 9.53 Å². The van der Waals surface area contributed by atoms with Gasteiger partial charge in [0.1, 0.15) is 11.4 Å². The molecule has 0 spiro atoms. The number of nitrogens with one attached hydrogen (secondary N) is 2. The van der Waals surface area contributed by atoms with E-state index in [0.717, 1.165) is 29.7 Å². The van der Waals surface area contributed by atoms with Crippen LogP contribution in [-0.2, 0) is 6.54 Å². The van der Waals surface area contributed by atoms with Crippen LogP contribution in [0.15, 0.2) is 54.6 Å². The van der Waals surface area contributed by atoms with Gasteiger partial charge in [0.05, 0.1) is 12.3 Å². The Balaban J connectivity index is 1.69. The fourth-order valence-electron chi connectivity index (χ4n) is 2.62. The molecule has 3 rings (SSSR count). The van der Waals surface area contributed by atoms with E-state index in [1.807, 2.05) is 42.5 Å². The number of para-hydroxylation sites is 1. The Morgan fingerprint density at radius 2 is 1.96 bits per heavy atom. The molecule has 0 saturated carbocycles. The van der Waals surface area contributed by atoms with Gasteiger partial charge >= 0.3 is 0 Å². The number of rotatable bonds is 8. The molecule has 140 valence electrons. The quantitative estimate of drug-likeness (QED) is 0.547. The van der Waals surface area contributed by atoms with Crippen molar-refractivity contribution in [3.63, 3.8) is 0 Å². The average molecular weight is 384 g/mol. The number of carbonyl (C=O) groups excluding carboxylic acids is 1. The van der Waals surface area contributed by atoms with Crippen molar-refractivity contribution in [2.75, 3.05) is 6.61 Å². The lowest BCUT2D eigenvalue weighted by Crippen LogP contribution is -2.23. The van der Waals surface area contributed by atoms with Gasteiger partial charge in [-0.2, -0.15) is 5.10 Å². The molecule has 0 bridgehead atoms. The van der Waals surface area contributed by atoms with Gasteiger partial charge in [0.2, 0.25) is 0 Å². The highest BCUT2D eigenvalue weighted by Crippen LogP contribution is 2.29. The minimum absolute atomic E-state index is 0.238. The van der Waals surface area contributed by atoms with Crippen LogP contribution in [-0.4, -0.2) is 22.7 Å². The molecule has 0 fully saturated rings. The highest BCUT2D eigenvalue weighted by atomic mass is 35.5. The van der Waals surface area contributed by atoms with Crippen LogP contribution in [0.1, 0.15) is 35.8 Å². The van der Waals surface area contributed by atoms with Crippen molar-refractivity contribution in [3.05, 3.63) is 70.9 Å². The first-order chi connectivity index (χ1) is 13.2. The van der Waals surface area contributed by atoms with Crippen molar-refractivity contribution in [3.8, 4) is 17.0 Å². The normalized spacial score (nSPS) is 10.6. The standard InChI is InChI=1S/C21H22ClN3O2/c1-2-3-12-27-20-11-7-5-9-16(20)18-13-19(25-24-18)21(26)23-14-15-8-4-6-10-17(15)22/h4-11,13H,2-3,12,14H2,1H3,(H,23,26)(H,24,25). The third kappa shape index (κ3) is 4.89. The van der Waals surface area contributed by atoms with Crippen LogP contribution in [0.5, 0.6) is 5.75 Å². The lowest BCUT2D eigenvalue weighted by molar-refractivity contribution is 0.0946. The van der Waals surface area contributed by atoms with Gasteiger partial charge in [0.25, 0.3) is 5.91 Å². The summed E-state index contributed by atoms with van der Waals surface area (Å²) in [6.07, 6.45) is 2.06. The Hall–Kier alpha value is -2.79. The highest BCUT2D eigenvalue weighted by molar-refractivity contribution is 6.31. The number of ether oxygens (including phenoxy) is 1. The number of benzene rings is 2. The third-order valence-corrected chi connectivity index (χ3v) is 4.51. The van der Waals surface area contributed by atoms with Crippen LogP contribution in [0.4, 0.5) is 0 Å². The van der Waals surface area contributed by atoms with Crippen LogP contribution in [0.2, 0.25) is 5.02 Å². The number of nitrogens with zero attached hydrogens (tertiary/aromatic N) is 1.